The molecule has 0 saturated carbocycles. The Kier molecular flexibility index (Phi) is 5.30. The van der Waals surface area contributed by atoms with Crippen molar-refractivity contribution in [3.05, 3.63) is 65.5 Å². The first-order valence-corrected chi connectivity index (χ1v) is 6.76. The molecule has 108 valence electrons. The third-order valence-corrected chi connectivity index (χ3v) is 3.16. The van der Waals surface area contributed by atoms with Crippen molar-refractivity contribution in [1.29, 1.82) is 5.26 Å². The summed E-state index contributed by atoms with van der Waals surface area (Å²) in [4.78, 5) is 0. The molecule has 2 aromatic rings. The minimum atomic E-state index is -0.229. The highest BCUT2D eigenvalue weighted by molar-refractivity contribution is 5.29. The SMILES string of the molecule is CC(NCc1cccc(OCC#N)c1)c1cccc(F)c1. The molecule has 0 radical (unpaired) electrons. The first kappa shape index (κ1) is 15.0. The van der Waals surface area contributed by atoms with Crippen molar-refractivity contribution in [3.63, 3.8) is 0 Å². The van der Waals surface area contributed by atoms with Crippen LogP contribution in [0.2, 0.25) is 0 Å². The molecule has 0 bridgehead atoms. The van der Waals surface area contributed by atoms with Gasteiger partial charge in [0.2, 0.25) is 0 Å². The largest absolute Gasteiger partial charge is 0.479 e. The average molecular weight is 284 g/mol. The number of halogens is 1. The Bertz CT molecular complexity index is 637. The minimum Gasteiger partial charge on any atom is -0.479 e. The van der Waals surface area contributed by atoms with Gasteiger partial charge in [0.15, 0.2) is 6.61 Å². The van der Waals surface area contributed by atoms with E-state index in [0.29, 0.717) is 12.3 Å². The van der Waals surface area contributed by atoms with E-state index in [4.69, 9.17) is 10.00 Å². The van der Waals surface area contributed by atoms with Crippen LogP contribution in [0.25, 0.3) is 0 Å². The molecule has 0 aliphatic heterocycles. The van der Waals surface area contributed by atoms with E-state index in [1.807, 2.05) is 43.3 Å². The maximum atomic E-state index is 13.2. The van der Waals surface area contributed by atoms with Crippen LogP contribution in [0.3, 0.4) is 0 Å². The van der Waals surface area contributed by atoms with E-state index in [0.717, 1.165) is 11.1 Å². The molecule has 1 unspecified atom stereocenters. The lowest BCUT2D eigenvalue weighted by molar-refractivity contribution is 0.367. The van der Waals surface area contributed by atoms with E-state index >= 15 is 0 Å². The van der Waals surface area contributed by atoms with E-state index < -0.39 is 0 Å². The van der Waals surface area contributed by atoms with Gasteiger partial charge in [0.05, 0.1) is 0 Å². The maximum absolute atomic E-state index is 13.2. The summed E-state index contributed by atoms with van der Waals surface area (Å²) >= 11 is 0. The van der Waals surface area contributed by atoms with E-state index in [1.54, 1.807) is 6.07 Å². The van der Waals surface area contributed by atoms with Gasteiger partial charge < -0.3 is 10.1 Å². The lowest BCUT2D eigenvalue weighted by Crippen LogP contribution is -2.18. The fraction of sp³-hybridized carbons (Fsp3) is 0.235. The van der Waals surface area contributed by atoms with Crippen molar-refractivity contribution in [3.8, 4) is 11.8 Å². The number of hydrogen-bond donors (Lipinski definition) is 1. The van der Waals surface area contributed by atoms with Crippen LogP contribution in [-0.2, 0) is 6.54 Å². The minimum absolute atomic E-state index is 0.0383. The summed E-state index contributed by atoms with van der Waals surface area (Å²) in [6.07, 6.45) is 0. The maximum Gasteiger partial charge on any atom is 0.174 e. The summed E-state index contributed by atoms with van der Waals surface area (Å²) in [7, 11) is 0. The third kappa shape index (κ3) is 4.59. The van der Waals surface area contributed by atoms with Gasteiger partial charge in [-0.2, -0.15) is 5.26 Å². The zero-order valence-corrected chi connectivity index (χ0v) is 11.8. The second-order valence-corrected chi connectivity index (χ2v) is 4.75. The van der Waals surface area contributed by atoms with E-state index in [1.165, 1.54) is 12.1 Å². The summed E-state index contributed by atoms with van der Waals surface area (Å²) in [6, 6.07) is 16.1. The highest BCUT2D eigenvalue weighted by Crippen LogP contribution is 2.16. The average Bonchev–Trinajstić information content (AvgIpc) is 2.51. The summed E-state index contributed by atoms with van der Waals surface area (Å²) in [5.41, 5.74) is 1.96. The Morgan fingerprint density at radius 1 is 1.24 bits per heavy atom. The van der Waals surface area contributed by atoms with Crippen molar-refractivity contribution < 1.29 is 9.13 Å². The molecule has 21 heavy (non-hydrogen) atoms. The Morgan fingerprint density at radius 3 is 2.81 bits per heavy atom. The Labute approximate surface area is 124 Å². The number of rotatable bonds is 6. The van der Waals surface area contributed by atoms with Gasteiger partial charge >= 0.3 is 0 Å². The molecule has 4 heteroatoms. The van der Waals surface area contributed by atoms with Gasteiger partial charge in [0, 0.05) is 12.6 Å². The summed E-state index contributed by atoms with van der Waals surface area (Å²) in [5, 5.41) is 11.8. The van der Waals surface area contributed by atoms with E-state index in [9.17, 15) is 4.39 Å². The van der Waals surface area contributed by atoms with Crippen LogP contribution in [-0.4, -0.2) is 6.61 Å². The zero-order chi connectivity index (χ0) is 15.1. The molecule has 0 aromatic heterocycles. The van der Waals surface area contributed by atoms with Crippen molar-refractivity contribution in [1.82, 2.24) is 5.32 Å². The molecule has 0 fully saturated rings. The number of nitriles is 1. The highest BCUT2D eigenvalue weighted by atomic mass is 19.1. The van der Waals surface area contributed by atoms with Crippen molar-refractivity contribution in [2.24, 2.45) is 0 Å². The van der Waals surface area contributed by atoms with Gasteiger partial charge in [-0.1, -0.05) is 24.3 Å². The van der Waals surface area contributed by atoms with Crippen molar-refractivity contribution in [2.75, 3.05) is 6.61 Å². The quantitative estimate of drug-likeness (QED) is 0.882. The molecule has 0 aliphatic rings. The number of ether oxygens (including phenoxy) is 1. The predicted octanol–water partition coefficient (Wildman–Crippen LogP) is 3.58. The fourth-order valence-electron chi connectivity index (χ4n) is 2.03. The molecule has 0 saturated heterocycles. The molecule has 0 heterocycles. The van der Waals surface area contributed by atoms with Gasteiger partial charge in [-0.25, -0.2) is 4.39 Å². The van der Waals surface area contributed by atoms with Gasteiger partial charge in [-0.15, -0.1) is 0 Å². The van der Waals surface area contributed by atoms with Crippen molar-refractivity contribution in [2.45, 2.75) is 19.5 Å². The molecule has 2 rings (SSSR count). The summed E-state index contributed by atoms with van der Waals surface area (Å²) in [5.74, 6) is 0.447. The molecular formula is C17H17FN2O. The van der Waals surface area contributed by atoms with Crippen molar-refractivity contribution >= 4 is 0 Å². The van der Waals surface area contributed by atoms with Crippen LogP contribution in [0.15, 0.2) is 48.5 Å². The number of nitrogens with one attached hydrogen (secondary N) is 1. The molecule has 0 spiro atoms. The molecule has 0 aliphatic carbocycles. The summed E-state index contributed by atoms with van der Waals surface area (Å²) < 4.78 is 18.5. The Hall–Kier alpha value is -2.38. The van der Waals surface area contributed by atoms with Crippen LogP contribution in [0.4, 0.5) is 4.39 Å². The topological polar surface area (TPSA) is 45.0 Å². The van der Waals surface area contributed by atoms with Gasteiger partial charge in [0.1, 0.15) is 17.6 Å². The van der Waals surface area contributed by atoms with Crippen LogP contribution in [0.1, 0.15) is 24.1 Å². The van der Waals surface area contributed by atoms with Crippen LogP contribution >= 0.6 is 0 Å². The van der Waals surface area contributed by atoms with E-state index in [2.05, 4.69) is 5.32 Å². The molecule has 1 N–H and O–H groups in total. The fourth-order valence-corrected chi connectivity index (χ4v) is 2.03. The molecule has 1 atom stereocenters. The Balaban J connectivity index is 1.95. The lowest BCUT2D eigenvalue weighted by atomic mass is 10.1. The van der Waals surface area contributed by atoms with Gasteiger partial charge in [0.25, 0.3) is 0 Å². The molecule has 3 nitrogen and oxygen atoms in total. The Morgan fingerprint density at radius 2 is 2.05 bits per heavy atom. The zero-order valence-electron chi connectivity index (χ0n) is 11.8. The predicted molar refractivity (Wildman–Crippen MR) is 79.2 cm³/mol. The number of benzene rings is 2. The van der Waals surface area contributed by atoms with Crippen LogP contribution < -0.4 is 10.1 Å². The highest BCUT2D eigenvalue weighted by Gasteiger charge is 2.06. The molecular weight excluding hydrogens is 267 g/mol. The third-order valence-electron chi connectivity index (χ3n) is 3.16. The number of nitrogens with zero attached hydrogens (tertiary/aromatic N) is 1. The second-order valence-electron chi connectivity index (χ2n) is 4.75. The van der Waals surface area contributed by atoms with Crippen LogP contribution in [0, 0.1) is 17.1 Å². The first-order valence-electron chi connectivity index (χ1n) is 6.76. The van der Waals surface area contributed by atoms with Gasteiger partial charge in [-0.3, -0.25) is 0 Å². The normalized spacial score (nSPS) is 11.7. The molecule has 0 amide bonds. The van der Waals surface area contributed by atoms with Gasteiger partial charge in [-0.05, 0) is 42.3 Å². The second kappa shape index (κ2) is 7.41. The first-order chi connectivity index (χ1) is 10.2. The van der Waals surface area contributed by atoms with Crippen LogP contribution in [0.5, 0.6) is 5.75 Å². The molecule has 2 aromatic carbocycles. The standard InChI is InChI=1S/C17H17FN2O/c1-13(15-5-3-6-16(18)11-15)20-12-14-4-2-7-17(10-14)21-9-8-19/h2-7,10-11,13,20H,9,12H2,1H3. The smallest absolute Gasteiger partial charge is 0.174 e. The number of hydrogen-bond acceptors (Lipinski definition) is 3. The summed E-state index contributed by atoms with van der Waals surface area (Å²) in [6.45, 7) is 2.67. The monoisotopic (exact) mass is 284 g/mol. The van der Waals surface area contributed by atoms with E-state index in [-0.39, 0.29) is 18.5 Å². The lowest BCUT2D eigenvalue weighted by Gasteiger charge is -2.15.